The summed E-state index contributed by atoms with van der Waals surface area (Å²) in [5.74, 6) is -0.136. The van der Waals surface area contributed by atoms with Crippen LogP contribution in [0.1, 0.15) is 31.9 Å². The Balaban J connectivity index is 2.05. The van der Waals surface area contributed by atoms with Crippen molar-refractivity contribution in [1.29, 1.82) is 0 Å². The Morgan fingerprint density at radius 3 is 2.27 bits per heavy atom. The molecular formula is C17H13Cl2F2N5O4. The van der Waals surface area contributed by atoms with Crippen molar-refractivity contribution >= 4 is 23.2 Å². The third-order valence-corrected chi connectivity index (χ3v) is 4.51. The molecule has 0 aliphatic carbocycles. The predicted octanol–water partition coefficient (Wildman–Crippen LogP) is 3.30. The molecule has 158 valence electrons. The lowest BCUT2D eigenvalue weighted by atomic mass is 10.1. The molecule has 30 heavy (non-hydrogen) atoms. The van der Waals surface area contributed by atoms with E-state index in [1.807, 2.05) is 13.8 Å². The molecule has 0 unspecified atom stereocenters. The lowest BCUT2D eigenvalue weighted by Gasteiger charge is -2.12. The van der Waals surface area contributed by atoms with Crippen LogP contribution in [-0.4, -0.2) is 25.0 Å². The number of nitrogens with one attached hydrogen (secondary N) is 2. The van der Waals surface area contributed by atoms with Gasteiger partial charge in [0.15, 0.2) is 11.4 Å². The van der Waals surface area contributed by atoms with Gasteiger partial charge in [0.1, 0.15) is 0 Å². The van der Waals surface area contributed by atoms with Crippen LogP contribution in [0, 0.1) is 0 Å². The molecule has 0 aliphatic heterocycles. The molecule has 0 atom stereocenters. The molecule has 3 rings (SSSR count). The molecule has 2 aromatic heterocycles. The van der Waals surface area contributed by atoms with E-state index in [9.17, 15) is 23.2 Å². The second-order valence-corrected chi connectivity index (χ2v) is 7.16. The highest BCUT2D eigenvalue weighted by Gasteiger charge is 2.19. The standard InChI is InChI=1S/C17H13Cl2F2N5O4/c1-6(2)8-5-11(23-24-14(8)27)30-13-9(18)3-7(4-10(13)19)12-15(28)22-17(29)26(25-12)16(20)21/h3-6,16H,1-2H3,(H,24,27)(H,22,28,29). The highest BCUT2D eigenvalue weighted by Crippen LogP contribution is 2.38. The van der Waals surface area contributed by atoms with Gasteiger partial charge in [-0.3, -0.25) is 14.6 Å². The minimum atomic E-state index is -3.26. The van der Waals surface area contributed by atoms with E-state index in [2.05, 4.69) is 15.3 Å². The number of benzene rings is 1. The van der Waals surface area contributed by atoms with Crippen molar-refractivity contribution in [2.75, 3.05) is 0 Å². The van der Waals surface area contributed by atoms with Crippen molar-refractivity contribution in [3.05, 3.63) is 65.0 Å². The molecule has 9 nitrogen and oxygen atoms in total. The highest BCUT2D eigenvalue weighted by molar-refractivity contribution is 6.37. The van der Waals surface area contributed by atoms with Gasteiger partial charge in [-0.15, -0.1) is 5.10 Å². The number of nitrogens with zero attached hydrogens (tertiary/aromatic N) is 3. The zero-order valence-corrected chi connectivity index (χ0v) is 16.9. The minimum Gasteiger partial charge on any atom is -0.434 e. The van der Waals surface area contributed by atoms with E-state index in [1.54, 1.807) is 4.98 Å². The Kier molecular flexibility index (Phi) is 6.04. The second-order valence-electron chi connectivity index (χ2n) is 6.35. The molecule has 0 saturated carbocycles. The largest absolute Gasteiger partial charge is 0.434 e. The molecule has 0 saturated heterocycles. The van der Waals surface area contributed by atoms with Gasteiger partial charge in [-0.1, -0.05) is 37.0 Å². The molecule has 2 N–H and O–H groups in total. The van der Waals surface area contributed by atoms with Gasteiger partial charge in [0, 0.05) is 17.2 Å². The summed E-state index contributed by atoms with van der Waals surface area (Å²) in [6.45, 7) is 0.363. The molecule has 0 fully saturated rings. The van der Waals surface area contributed by atoms with Gasteiger partial charge in [0.05, 0.1) is 10.0 Å². The molecule has 2 heterocycles. The van der Waals surface area contributed by atoms with Crippen LogP contribution in [0.2, 0.25) is 10.0 Å². The fourth-order valence-electron chi connectivity index (χ4n) is 2.51. The Hall–Kier alpha value is -3.05. The fraction of sp³-hybridized carbons (Fsp3) is 0.235. The van der Waals surface area contributed by atoms with Gasteiger partial charge in [0.25, 0.3) is 11.1 Å². The highest BCUT2D eigenvalue weighted by atomic mass is 35.5. The van der Waals surface area contributed by atoms with Crippen LogP contribution in [0.15, 0.2) is 32.6 Å². The number of halogens is 4. The zero-order chi connectivity index (χ0) is 22.2. The van der Waals surface area contributed by atoms with Crippen LogP contribution in [0.5, 0.6) is 11.6 Å². The Morgan fingerprint density at radius 1 is 1.07 bits per heavy atom. The summed E-state index contributed by atoms with van der Waals surface area (Å²) in [5.41, 5.74) is -2.82. The summed E-state index contributed by atoms with van der Waals surface area (Å²) in [4.78, 5) is 37.0. The maximum absolute atomic E-state index is 12.9. The summed E-state index contributed by atoms with van der Waals surface area (Å²) in [6, 6.07) is 3.83. The van der Waals surface area contributed by atoms with Crippen LogP contribution >= 0.6 is 23.2 Å². The molecule has 0 radical (unpaired) electrons. The van der Waals surface area contributed by atoms with Gasteiger partial charge in [-0.25, -0.2) is 9.89 Å². The number of aromatic nitrogens is 5. The topological polar surface area (TPSA) is 123 Å². The van der Waals surface area contributed by atoms with E-state index >= 15 is 0 Å². The van der Waals surface area contributed by atoms with Crippen molar-refractivity contribution in [3.8, 4) is 22.9 Å². The van der Waals surface area contributed by atoms with E-state index in [-0.39, 0.29) is 43.4 Å². The number of hydrogen-bond acceptors (Lipinski definition) is 6. The van der Waals surface area contributed by atoms with Crippen molar-refractivity contribution in [2.24, 2.45) is 0 Å². The molecular weight excluding hydrogens is 447 g/mol. The first-order valence-electron chi connectivity index (χ1n) is 8.36. The van der Waals surface area contributed by atoms with E-state index < -0.39 is 23.5 Å². The minimum absolute atomic E-state index is 0.0112. The first kappa shape index (κ1) is 21.7. The molecule has 0 spiro atoms. The van der Waals surface area contributed by atoms with E-state index in [1.165, 1.54) is 18.2 Å². The van der Waals surface area contributed by atoms with Gasteiger partial charge < -0.3 is 4.74 Å². The normalized spacial score (nSPS) is 11.3. The fourth-order valence-corrected chi connectivity index (χ4v) is 3.08. The van der Waals surface area contributed by atoms with Crippen molar-refractivity contribution in [3.63, 3.8) is 0 Å². The third-order valence-electron chi connectivity index (χ3n) is 3.95. The van der Waals surface area contributed by atoms with E-state index in [0.717, 1.165) is 0 Å². The molecule has 13 heteroatoms. The predicted molar refractivity (Wildman–Crippen MR) is 105 cm³/mol. The second kappa shape index (κ2) is 8.36. The Bertz CT molecular complexity index is 1260. The van der Waals surface area contributed by atoms with Crippen molar-refractivity contribution in [1.82, 2.24) is 25.0 Å². The first-order valence-corrected chi connectivity index (χ1v) is 9.12. The van der Waals surface area contributed by atoms with Gasteiger partial charge >= 0.3 is 12.2 Å². The summed E-state index contributed by atoms with van der Waals surface area (Å²) in [5, 5.41) is 9.27. The number of ether oxygens (including phenoxy) is 1. The van der Waals surface area contributed by atoms with Crippen LogP contribution in [-0.2, 0) is 0 Å². The van der Waals surface area contributed by atoms with Crippen LogP contribution in [0.3, 0.4) is 0 Å². The maximum atomic E-state index is 12.9. The first-order chi connectivity index (χ1) is 14.1. The average Bonchev–Trinajstić information content (AvgIpc) is 2.65. The summed E-state index contributed by atoms with van der Waals surface area (Å²) in [7, 11) is 0. The number of hydrogen-bond donors (Lipinski definition) is 2. The summed E-state index contributed by atoms with van der Waals surface area (Å²) in [6.07, 6.45) is 0. The molecule has 0 aliphatic rings. The van der Waals surface area contributed by atoms with Gasteiger partial charge in [-0.2, -0.15) is 18.6 Å². The monoisotopic (exact) mass is 459 g/mol. The average molecular weight is 460 g/mol. The lowest BCUT2D eigenvalue weighted by molar-refractivity contribution is 0.0495. The SMILES string of the molecule is CC(C)c1cc(Oc2c(Cl)cc(-c3nn(C(F)F)c(=O)[nH]c3=O)cc2Cl)n[nH]c1=O. The molecule has 0 amide bonds. The van der Waals surface area contributed by atoms with Gasteiger partial charge in [0.2, 0.25) is 5.88 Å². The van der Waals surface area contributed by atoms with E-state index in [4.69, 9.17) is 27.9 Å². The summed E-state index contributed by atoms with van der Waals surface area (Å²) < 4.78 is 31.2. The molecule has 3 aromatic rings. The zero-order valence-electron chi connectivity index (χ0n) is 15.4. The number of rotatable bonds is 5. The quantitative estimate of drug-likeness (QED) is 0.603. The number of alkyl halides is 2. The van der Waals surface area contributed by atoms with Crippen molar-refractivity contribution < 1.29 is 13.5 Å². The Labute approximate surface area is 176 Å². The lowest BCUT2D eigenvalue weighted by Crippen LogP contribution is -2.33. The van der Waals surface area contributed by atoms with Crippen LogP contribution in [0.4, 0.5) is 8.78 Å². The molecule has 1 aromatic carbocycles. The van der Waals surface area contributed by atoms with Gasteiger partial charge in [-0.05, 0) is 18.1 Å². The van der Waals surface area contributed by atoms with Crippen molar-refractivity contribution in [2.45, 2.75) is 26.3 Å². The van der Waals surface area contributed by atoms with Crippen LogP contribution in [0.25, 0.3) is 11.3 Å². The number of H-pyrrole nitrogens is 2. The molecule has 0 bridgehead atoms. The Morgan fingerprint density at radius 2 is 1.70 bits per heavy atom. The van der Waals surface area contributed by atoms with Crippen LogP contribution < -0.4 is 21.5 Å². The third kappa shape index (κ3) is 4.26. The maximum Gasteiger partial charge on any atom is 0.349 e. The number of aromatic amines is 2. The summed E-state index contributed by atoms with van der Waals surface area (Å²) >= 11 is 12.4. The smallest absolute Gasteiger partial charge is 0.349 e. The van der Waals surface area contributed by atoms with E-state index in [0.29, 0.717) is 5.56 Å².